The fourth-order valence-electron chi connectivity index (χ4n) is 0.521. The molecule has 3 nitrogen and oxygen atoms in total. The molecular weight excluding hydrogens is 154 g/mol. The van der Waals surface area contributed by atoms with Gasteiger partial charge < -0.3 is 10.1 Å². The lowest BCUT2D eigenvalue weighted by Crippen LogP contribution is -2.32. The van der Waals surface area contributed by atoms with Crippen LogP contribution in [0.1, 0.15) is 20.8 Å². The van der Waals surface area contributed by atoms with Gasteiger partial charge in [0.1, 0.15) is 5.60 Å². The van der Waals surface area contributed by atoms with Crippen molar-refractivity contribution in [3.8, 4) is 0 Å². The van der Waals surface area contributed by atoms with Crippen molar-refractivity contribution in [2.45, 2.75) is 26.4 Å². The summed E-state index contributed by atoms with van der Waals surface area (Å²) >= 11 is 0. The molecule has 3 heteroatoms. The van der Waals surface area contributed by atoms with E-state index in [-0.39, 0.29) is 0 Å². The van der Waals surface area contributed by atoms with Gasteiger partial charge in [-0.2, -0.15) is 0 Å². The molecule has 0 aliphatic heterocycles. The normalized spacial score (nSPS) is 9.92. The number of hydrogen-bond acceptors (Lipinski definition) is 2. The quantitative estimate of drug-likeness (QED) is 0.641. The van der Waals surface area contributed by atoms with Crippen molar-refractivity contribution in [3.05, 3.63) is 18.4 Å². The molecule has 0 radical (unpaired) electrons. The topological polar surface area (TPSA) is 38.3 Å². The number of rotatable bonds is 2. The van der Waals surface area contributed by atoms with Gasteiger partial charge in [-0.15, -0.1) is 5.73 Å². The van der Waals surface area contributed by atoms with Crippen LogP contribution in [-0.4, -0.2) is 18.2 Å². The molecule has 12 heavy (non-hydrogen) atoms. The van der Waals surface area contributed by atoms with Crippen molar-refractivity contribution in [2.24, 2.45) is 0 Å². The molecule has 0 bridgehead atoms. The monoisotopic (exact) mass is 169 g/mol. The zero-order valence-electron chi connectivity index (χ0n) is 7.81. The van der Waals surface area contributed by atoms with Crippen LogP contribution in [0.4, 0.5) is 4.79 Å². The molecule has 0 aromatic carbocycles. The van der Waals surface area contributed by atoms with Crippen LogP contribution < -0.4 is 5.32 Å². The third kappa shape index (κ3) is 6.90. The number of hydrogen-bond donors (Lipinski definition) is 1. The molecule has 0 aliphatic rings. The summed E-state index contributed by atoms with van der Waals surface area (Å²) < 4.78 is 4.97. The smallest absolute Gasteiger partial charge is 0.407 e. The van der Waals surface area contributed by atoms with Crippen LogP contribution in [-0.2, 0) is 4.74 Å². The Kier molecular flexibility index (Phi) is 4.16. The second-order valence-corrected chi connectivity index (χ2v) is 3.29. The van der Waals surface area contributed by atoms with E-state index in [2.05, 4.69) is 17.6 Å². The maximum atomic E-state index is 10.9. The van der Waals surface area contributed by atoms with E-state index in [4.69, 9.17) is 4.74 Å². The molecule has 1 amide bonds. The second kappa shape index (κ2) is 4.62. The van der Waals surface area contributed by atoms with Crippen molar-refractivity contribution >= 4 is 6.09 Å². The molecule has 0 aromatic rings. The zero-order valence-corrected chi connectivity index (χ0v) is 7.81. The van der Waals surface area contributed by atoms with Crippen molar-refractivity contribution < 1.29 is 9.53 Å². The lowest BCUT2D eigenvalue weighted by atomic mass is 10.2. The molecule has 0 saturated heterocycles. The van der Waals surface area contributed by atoms with Crippen molar-refractivity contribution in [1.29, 1.82) is 0 Å². The third-order valence-corrected chi connectivity index (χ3v) is 0.892. The molecule has 68 valence electrons. The van der Waals surface area contributed by atoms with Gasteiger partial charge >= 0.3 is 6.09 Å². The van der Waals surface area contributed by atoms with Gasteiger partial charge in [-0.05, 0) is 26.8 Å². The molecule has 0 atom stereocenters. The number of amides is 1. The number of carbonyl (C=O) groups is 1. The minimum absolute atomic E-state index is 0.401. The number of nitrogens with one attached hydrogen (secondary N) is 1. The summed E-state index contributed by atoms with van der Waals surface area (Å²) in [6.45, 7) is 9.21. The van der Waals surface area contributed by atoms with E-state index in [1.807, 2.05) is 20.8 Å². The average Bonchev–Trinajstić information content (AvgIpc) is 1.84. The minimum atomic E-state index is -0.442. The maximum Gasteiger partial charge on any atom is 0.407 e. The van der Waals surface area contributed by atoms with Gasteiger partial charge in [-0.3, -0.25) is 0 Å². The Morgan fingerprint density at radius 2 is 2.25 bits per heavy atom. The first kappa shape index (κ1) is 10.8. The average molecular weight is 169 g/mol. The van der Waals surface area contributed by atoms with Gasteiger partial charge in [-0.1, -0.05) is 6.58 Å². The SMILES string of the molecule is C=C=CCNC(=O)OC(C)(C)C. The molecular formula is C9H15NO2. The number of alkyl carbamates (subject to hydrolysis) is 1. The van der Waals surface area contributed by atoms with E-state index in [0.29, 0.717) is 6.54 Å². The molecule has 0 aromatic heterocycles. The van der Waals surface area contributed by atoms with Gasteiger partial charge in [0, 0.05) is 6.54 Å². The predicted molar refractivity (Wildman–Crippen MR) is 47.9 cm³/mol. The lowest BCUT2D eigenvalue weighted by Gasteiger charge is -2.19. The molecule has 0 heterocycles. The fraction of sp³-hybridized carbons (Fsp3) is 0.556. The first-order chi connectivity index (χ1) is 5.45. The zero-order chi connectivity index (χ0) is 9.61. The maximum absolute atomic E-state index is 10.9. The van der Waals surface area contributed by atoms with Crippen molar-refractivity contribution in [3.63, 3.8) is 0 Å². The Morgan fingerprint density at radius 3 is 2.67 bits per heavy atom. The first-order valence-electron chi connectivity index (χ1n) is 3.77. The van der Waals surface area contributed by atoms with E-state index >= 15 is 0 Å². The Balaban J connectivity index is 3.68. The summed E-state index contributed by atoms with van der Waals surface area (Å²) in [6, 6.07) is 0. The highest BCUT2D eigenvalue weighted by atomic mass is 16.6. The largest absolute Gasteiger partial charge is 0.444 e. The minimum Gasteiger partial charge on any atom is -0.444 e. The van der Waals surface area contributed by atoms with Crippen LogP contribution in [0.25, 0.3) is 0 Å². The molecule has 0 saturated carbocycles. The predicted octanol–water partition coefficient (Wildman–Crippen LogP) is 1.85. The second-order valence-electron chi connectivity index (χ2n) is 3.29. The molecule has 0 unspecified atom stereocenters. The van der Waals surface area contributed by atoms with Crippen LogP contribution in [0.3, 0.4) is 0 Å². The highest BCUT2D eigenvalue weighted by Crippen LogP contribution is 2.05. The summed E-state index contributed by atoms with van der Waals surface area (Å²) in [7, 11) is 0. The van der Waals surface area contributed by atoms with E-state index in [0.717, 1.165) is 0 Å². The van der Waals surface area contributed by atoms with E-state index in [1.54, 1.807) is 6.08 Å². The summed E-state index contributed by atoms with van der Waals surface area (Å²) in [5, 5.41) is 2.52. The molecule has 0 aliphatic carbocycles. The van der Waals surface area contributed by atoms with Gasteiger partial charge in [0.15, 0.2) is 0 Å². The first-order valence-corrected chi connectivity index (χ1v) is 3.77. The van der Waals surface area contributed by atoms with Crippen LogP contribution >= 0.6 is 0 Å². The van der Waals surface area contributed by atoms with Crippen LogP contribution in [0, 0.1) is 0 Å². The standard InChI is InChI=1S/C9H15NO2/c1-5-6-7-10-8(11)12-9(2,3)4/h6H,1,7H2,2-4H3,(H,10,11). The van der Waals surface area contributed by atoms with Gasteiger partial charge in [-0.25, -0.2) is 4.79 Å². The summed E-state index contributed by atoms with van der Waals surface area (Å²) in [5.41, 5.74) is 2.10. The molecule has 0 rings (SSSR count). The van der Waals surface area contributed by atoms with E-state index < -0.39 is 11.7 Å². The Morgan fingerprint density at radius 1 is 1.67 bits per heavy atom. The third-order valence-electron chi connectivity index (χ3n) is 0.892. The summed E-state index contributed by atoms with van der Waals surface area (Å²) in [5.74, 6) is 0. The van der Waals surface area contributed by atoms with Crippen LogP contribution in [0.15, 0.2) is 18.4 Å². The van der Waals surface area contributed by atoms with Crippen LogP contribution in [0.2, 0.25) is 0 Å². The van der Waals surface area contributed by atoms with Gasteiger partial charge in [0.2, 0.25) is 0 Å². The Bertz CT molecular complexity index is 197. The number of carbonyl (C=O) groups excluding carboxylic acids is 1. The molecule has 1 N–H and O–H groups in total. The Hall–Kier alpha value is -1.21. The van der Waals surface area contributed by atoms with Crippen LogP contribution in [0.5, 0.6) is 0 Å². The van der Waals surface area contributed by atoms with E-state index in [1.165, 1.54) is 0 Å². The fourth-order valence-corrected chi connectivity index (χ4v) is 0.521. The lowest BCUT2D eigenvalue weighted by molar-refractivity contribution is 0.0534. The Labute approximate surface area is 73.1 Å². The summed E-state index contributed by atoms with van der Waals surface area (Å²) in [6.07, 6.45) is 1.19. The van der Waals surface area contributed by atoms with Crippen molar-refractivity contribution in [1.82, 2.24) is 5.32 Å². The highest BCUT2D eigenvalue weighted by Gasteiger charge is 2.14. The number of ether oxygens (including phenoxy) is 1. The van der Waals surface area contributed by atoms with Gasteiger partial charge in [0.25, 0.3) is 0 Å². The van der Waals surface area contributed by atoms with Gasteiger partial charge in [0.05, 0.1) is 0 Å². The molecule has 0 spiro atoms. The highest BCUT2D eigenvalue weighted by molar-refractivity contribution is 5.67. The summed E-state index contributed by atoms with van der Waals surface area (Å²) in [4.78, 5) is 10.9. The van der Waals surface area contributed by atoms with Crippen molar-refractivity contribution in [2.75, 3.05) is 6.54 Å². The van der Waals surface area contributed by atoms with E-state index in [9.17, 15) is 4.79 Å². The molecule has 0 fully saturated rings.